The van der Waals surface area contributed by atoms with Crippen molar-refractivity contribution >= 4 is 5.97 Å². The summed E-state index contributed by atoms with van der Waals surface area (Å²) in [5.74, 6) is 2.12. The van der Waals surface area contributed by atoms with Gasteiger partial charge in [0.2, 0.25) is 11.7 Å². The molecule has 1 aromatic heterocycles. The van der Waals surface area contributed by atoms with E-state index < -0.39 is 0 Å². The van der Waals surface area contributed by atoms with E-state index in [1.54, 1.807) is 7.11 Å². The van der Waals surface area contributed by atoms with Crippen molar-refractivity contribution in [3.05, 3.63) is 30.2 Å². The Morgan fingerprint density at radius 3 is 2.45 bits per heavy atom. The zero-order valence-electron chi connectivity index (χ0n) is 18.5. The van der Waals surface area contributed by atoms with Crippen molar-refractivity contribution < 1.29 is 18.8 Å². The van der Waals surface area contributed by atoms with Gasteiger partial charge in [-0.3, -0.25) is 9.69 Å². The predicted molar refractivity (Wildman–Crippen MR) is 116 cm³/mol. The van der Waals surface area contributed by atoms with Gasteiger partial charge in [0, 0.05) is 24.7 Å². The predicted octanol–water partition coefficient (Wildman–Crippen LogP) is 2.98. The van der Waals surface area contributed by atoms with E-state index >= 15 is 0 Å². The lowest BCUT2D eigenvalue weighted by Crippen LogP contribution is -2.48. The third kappa shape index (κ3) is 5.43. The Morgan fingerprint density at radius 2 is 1.81 bits per heavy atom. The summed E-state index contributed by atoms with van der Waals surface area (Å²) in [5, 5.41) is 4.13. The largest absolute Gasteiger partial charge is 0.497 e. The molecule has 0 saturated carbocycles. The van der Waals surface area contributed by atoms with E-state index in [4.69, 9.17) is 14.0 Å². The molecule has 0 unspecified atom stereocenters. The second-order valence-corrected chi connectivity index (χ2v) is 8.31. The molecule has 0 N–H and O–H groups in total. The lowest BCUT2D eigenvalue weighted by atomic mass is 9.93. The van der Waals surface area contributed by atoms with Crippen LogP contribution in [0.3, 0.4) is 0 Å². The summed E-state index contributed by atoms with van der Waals surface area (Å²) in [6.45, 7) is 7.03. The highest BCUT2D eigenvalue weighted by Crippen LogP contribution is 2.26. The Kier molecular flexibility index (Phi) is 7.19. The van der Waals surface area contributed by atoms with Gasteiger partial charge in [-0.25, -0.2) is 0 Å². The number of benzene rings is 1. The minimum Gasteiger partial charge on any atom is -0.497 e. The van der Waals surface area contributed by atoms with Gasteiger partial charge < -0.3 is 18.9 Å². The van der Waals surface area contributed by atoms with Crippen molar-refractivity contribution in [1.29, 1.82) is 0 Å². The lowest BCUT2D eigenvalue weighted by Gasteiger charge is -2.41. The Bertz CT molecular complexity index is 838. The van der Waals surface area contributed by atoms with Crippen LogP contribution in [-0.4, -0.2) is 71.8 Å². The fourth-order valence-corrected chi connectivity index (χ4v) is 4.57. The smallest absolute Gasteiger partial charge is 0.309 e. The van der Waals surface area contributed by atoms with Gasteiger partial charge in [0.05, 0.1) is 26.2 Å². The molecular weight excluding hydrogens is 396 g/mol. The van der Waals surface area contributed by atoms with E-state index in [1.165, 1.54) is 0 Å². The van der Waals surface area contributed by atoms with E-state index in [2.05, 4.69) is 19.9 Å². The van der Waals surface area contributed by atoms with Crippen LogP contribution in [0.1, 0.15) is 38.5 Å². The van der Waals surface area contributed by atoms with Crippen LogP contribution in [-0.2, 0) is 16.1 Å². The number of carbonyl (C=O) groups is 1. The first-order valence-corrected chi connectivity index (χ1v) is 11.3. The Hall–Kier alpha value is -2.45. The summed E-state index contributed by atoms with van der Waals surface area (Å²) >= 11 is 0. The number of methoxy groups -OCH3 is 1. The van der Waals surface area contributed by atoms with Crippen LogP contribution in [0.4, 0.5) is 0 Å². The zero-order chi connectivity index (χ0) is 21.6. The number of aromatic nitrogens is 2. The molecule has 0 spiro atoms. The average Bonchev–Trinajstić information content (AvgIpc) is 3.28. The standard InChI is InChI=1S/C23H32N4O4/c1-3-30-23(28)18-8-14-27(15-9-18)19-10-12-26(13-11-19)16-21-24-22(25-31-21)17-4-6-20(29-2)7-5-17/h4-7,18-19H,3,8-16H2,1-2H3. The number of carbonyl (C=O) groups excluding carboxylic acids is 1. The van der Waals surface area contributed by atoms with E-state index in [0.29, 0.717) is 30.9 Å². The maximum atomic E-state index is 11.9. The second kappa shape index (κ2) is 10.2. The molecule has 4 rings (SSSR count). The highest BCUT2D eigenvalue weighted by atomic mass is 16.5. The maximum Gasteiger partial charge on any atom is 0.309 e. The first-order valence-electron chi connectivity index (χ1n) is 11.3. The van der Waals surface area contributed by atoms with E-state index in [-0.39, 0.29) is 11.9 Å². The molecule has 168 valence electrons. The lowest BCUT2D eigenvalue weighted by molar-refractivity contribution is -0.149. The number of piperidine rings is 2. The van der Waals surface area contributed by atoms with Crippen LogP contribution < -0.4 is 4.74 Å². The highest BCUT2D eigenvalue weighted by molar-refractivity contribution is 5.72. The quantitative estimate of drug-likeness (QED) is 0.623. The number of nitrogens with zero attached hydrogens (tertiary/aromatic N) is 4. The molecule has 0 atom stereocenters. The number of ether oxygens (including phenoxy) is 2. The van der Waals surface area contributed by atoms with Gasteiger partial charge in [0.25, 0.3) is 0 Å². The molecule has 2 aliphatic heterocycles. The van der Waals surface area contributed by atoms with Crippen molar-refractivity contribution in [2.45, 2.75) is 45.2 Å². The molecule has 3 heterocycles. The molecule has 0 aliphatic carbocycles. The highest BCUT2D eigenvalue weighted by Gasteiger charge is 2.31. The summed E-state index contributed by atoms with van der Waals surface area (Å²) in [6, 6.07) is 8.25. The van der Waals surface area contributed by atoms with E-state index in [9.17, 15) is 4.79 Å². The van der Waals surface area contributed by atoms with Crippen LogP contribution in [0.15, 0.2) is 28.8 Å². The van der Waals surface area contributed by atoms with Crippen LogP contribution in [0, 0.1) is 5.92 Å². The molecule has 2 aromatic rings. The maximum absolute atomic E-state index is 11.9. The van der Waals surface area contributed by atoms with Crippen LogP contribution in [0.25, 0.3) is 11.4 Å². The molecule has 2 aliphatic rings. The summed E-state index contributed by atoms with van der Waals surface area (Å²) in [5.41, 5.74) is 0.917. The van der Waals surface area contributed by atoms with Gasteiger partial charge in [0.1, 0.15) is 5.75 Å². The van der Waals surface area contributed by atoms with Gasteiger partial charge in [-0.2, -0.15) is 4.98 Å². The summed E-state index contributed by atoms with van der Waals surface area (Å²) in [7, 11) is 1.65. The van der Waals surface area contributed by atoms with Gasteiger partial charge in [-0.15, -0.1) is 0 Å². The first kappa shape index (κ1) is 21.8. The van der Waals surface area contributed by atoms with Gasteiger partial charge in [-0.1, -0.05) is 5.16 Å². The van der Waals surface area contributed by atoms with Crippen molar-refractivity contribution in [2.24, 2.45) is 5.92 Å². The minimum absolute atomic E-state index is 0.0227. The van der Waals surface area contributed by atoms with Crippen molar-refractivity contribution in [2.75, 3.05) is 39.9 Å². The fourth-order valence-electron chi connectivity index (χ4n) is 4.57. The third-order valence-corrected chi connectivity index (χ3v) is 6.40. The molecule has 31 heavy (non-hydrogen) atoms. The van der Waals surface area contributed by atoms with Crippen molar-refractivity contribution in [3.8, 4) is 17.1 Å². The minimum atomic E-state index is -0.0227. The number of likely N-dealkylation sites (tertiary alicyclic amines) is 2. The Balaban J connectivity index is 1.23. The number of hydrogen-bond acceptors (Lipinski definition) is 8. The second-order valence-electron chi connectivity index (χ2n) is 8.31. The monoisotopic (exact) mass is 428 g/mol. The van der Waals surface area contributed by atoms with Crippen molar-refractivity contribution in [1.82, 2.24) is 19.9 Å². The van der Waals surface area contributed by atoms with Crippen LogP contribution in [0.2, 0.25) is 0 Å². The summed E-state index contributed by atoms with van der Waals surface area (Å²) < 4.78 is 15.9. The van der Waals surface area contributed by atoms with E-state index in [1.807, 2.05) is 31.2 Å². The average molecular weight is 429 g/mol. The van der Waals surface area contributed by atoms with Crippen LogP contribution in [0.5, 0.6) is 5.75 Å². The summed E-state index contributed by atoms with van der Waals surface area (Å²) in [6.07, 6.45) is 4.08. The normalized spacial score (nSPS) is 19.4. The molecule has 2 saturated heterocycles. The number of hydrogen-bond donors (Lipinski definition) is 0. The Labute approximate surface area is 183 Å². The molecule has 2 fully saturated rings. The number of rotatable bonds is 7. The van der Waals surface area contributed by atoms with Crippen molar-refractivity contribution in [3.63, 3.8) is 0 Å². The molecule has 0 radical (unpaired) electrons. The molecule has 8 nitrogen and oxygen atoms in total. The molecule has 8 heteroatoms. The molecule has 0 amide bonds. The topological polar surface area (TPSA) is 80.9 Å². The zero-order valence-corrected chi connectivity index (χ0v) is 18.5. The first-order chi connectivity index (χ1) is 15.2. The summed E-state index contributed by atoms with van der Waals surface area (Å²) in [4.78, 5) is 21.4. The third-order valence-electron chi connectivity index (χ3n) is 6.40. The van der Waals surface area contributed by atoms with Gasteiger partial charge >= 0.3 is 5.97 Å². The van der Waals surface area contributed by atoms with Gasteiger partial charge in [0.15, 0.2) is 0 Å². The van der Waals surface area contributed by atoms with Crippen LogP contribution >= 0.6 is 0 Å². The SMILES string of the molecule is CCOC(=O)C1CCN(C2CCN(Cc3nc(-c4ccc(OC)cc4)no3)CC2)CC1. The molecule has 1 aromatic carbocycles. The Morgan fingerprint density at radius 1 is 1.10 bits per heavy atom. The van der Waals surface area contributed by atoms with Gasteiger partial charge in [-0.05, 0) is 70.0 Å². The fraction of sp³-hybridized carbons (Fsp3) is 0.609. The molecular formula is C23H32N4O4. The van der Waals surface area contributed by atoms with E-state index in [0.717, 1.165) is 63.2 Å². The molecule has 0 bridgehead atoms. The number of esters is 1.